The molecule has 1 fully saturated rings. The number of carbonyl (C=O) groups excluding carboxylic acids is 1. The number of nitrogens with one attached hydrogen (secondary N) is 1. The first kappa shape index (κ1) is 27.8. The van der Waals surface area contributed by atoms with E-state index in [4.69, 9.17) is 30.0 Å². The van der Waals surface area contributed by atoms with Gasteiger partial charge < -0.3 is 30.6 Å². The number of benzene rings is 1. The Hall–Kier alpha value is -2.80. The van der Waals surface area contributed by atoms with E-state index in [1.807, 2.05) is 0 Å². The molecule has 0 radical (unpaired) electrons. The number of anilines is 1. The second kappa shape index (κ2) is 11.1. The summed E-state index contributed by atoms with van der Waals surface area (Å²) in [6.45, 7) is 5.85. The summed E-state index contributed by atoms with van der Waals surface area (Å²) >= 11 is 0. The van der Waals surface area contributed by atoms with Crippen LogP contribution in [0.4, 0.5) is 5.82 Å². The molecule has 0 spiro atoms. The minimum Gasteiger partial charge on any atom is -0.462 e. The molecule has 0 amide bonds. The molecule has 1 aliphatic heterocycles. The van der Waals surface area contributed by atoms with Crippen LogP contribution in [-0.4, -0.2) is 57.1 Å². The van der Waals surface area contributed by atoms with E-state index in [0.717, 1.165) is 4.57 Å². The molecule has 198 valence electrons. The van der Waals surface area contributed by atoms with Gasteiger partial charge in [0.25, 0.3) is 0 Å². The Labute approximate surface area is 208 Å². The number of carbonyl (C=O) groups is 1. The highest BCUT2D eigenvalue weighted by molar-refractivity contribution is 7.52. The number of hydrogen-bond acceptors (Lipinski definition) is 11. The third-order valence-electron chi connectivity index (χ3n) is 5.36. The Balaban J connectivity index is 1.79. The van der Waals surface area contributed by atoms with Gasteiger partial charge in [0, 0.05) is 6.20 Å². The first-order valence-electron chi connectivity index (χ1n) is 11.3. The topological polar surface area (TPSA) is 190 Å². The van der Waals surface area contributed by atoms with Crippen molar-refractivity contribution in [2.45, 2.75) is 63.8 Å². The third kappa shape index (κ3) is 6.49. The smallest absolute Gasteiger partial charge is 0.459 e. The highest BCUT2D eigenvalue weighted by Crippen LogP contribution is 2.46. The SMILES string of the molecule is CC(C)OC(=O)[C@H](C)NP(=O)(OC[C@H]1O[C@@H](n2ccc(N)nc2=O)[C@](C)(N)[C@@H]1O)Oc1ccccc1. The molecule has 1 aromatic heterocycles. The Bertz CT molecular complexity index is 1160. The molecule has 0 bridgehead atoms. The minimum absolute atomic E-state index is 0.0172. The standard InChI is InChI=1S/C22H32N5O8P/c1-13(2)33-19(29)14(3)26-36(31,35-15-8-6-5-7-9-15)32-12-16-18(28)22(4,24)20(34-16)27-11-10-17(23)25-21(27)30/h5-11,13-14,16,18,20,28H,12,24H2,1-4H3,(H,26,31)(H2,23,25,30)/t14-,16+,18+,20+,22+,36?/m0/s1. The molecule has 0 aliphatic carbocycles. The van der Waals surface area contributed by atoms with Gasteiger partial charge in [0.15, 0.2) is 6.23 Å². The molecule has 2 aromatic rings. The van der Waals surface area contributed by atoms with E-state index < -0.39 is 56.0 Å². The van der Waals surface area contributed by atoms with Gasteiger partial charge in [-0.25, -0.2) is 9.36 Å². The summed E-state index contributed by atoms with van der Waals surface area (Å²) in [5.41, 5.74) is 9.68. The van der Waals surface area contributed by atoms with Gasteiger partial charge in [0.05, 0.1) is 18.2 Å². The van der Waals surface area contributed by atoms with Crippen LogP contribution < -0.4 is 26.8 Å². The highest BCUT2D eigenvalue weighted by atomic mass is 31.2. The van der Waals surface area contributed by atoms with Crippen LogP contribution in [0.2, 0.25) is 0 Å². The molecule has 6 N–H and O–H groups in total. The number of aliphatic hydroxyl groups excluding tert-OH is 1. The summed E-state index contributed by atoms with van der Waals surface area (Å²) in [6, 6.07) is 8.54. The molecule has 1 aromatic carbocycles. The van der Waals surface area contributed by atoms with Crippen LogP contribution in [0, 0.1) is 0 Å². The van der Waals surface area contributed by atoms with Crippen LogP contribution >= 0.6 is 7.75 Å². The molecule has 3 rings (SSSR count). The van der Waals surface area contributed by atoms with Crippen LogP contribution in [0.25, 0.3) is 0 Å². The molecule has 13 nitrogen and oxygen atoms in total. The number of rotatable bonds is 10. The summed E-state index contributed by atoms with van der Waals surface area (Å²) in [5.74, 6) is -0.428. The van der Waals surface area contributed by atoms with Gasteiger partial charge in [0.1, 0.15) is 29.8 Å². The molecule has 1 aliphatic rings. The van der Waals surface area contributed by atoms with Crippen molar-refractivity contribution in [3.05, 3.63) is 53.1 Å². The lowest BCUT2D eigenvalue weighted by Gasteiger charge is -2.28. The summed E-state index contributed by atoms with van der Waals surface area (Å²) in [6.07, 6.45) is -2.60. The molecular formula is C22H32N5O8P. The van der Waals surface area contributed by atoms with Gasteiger partial charge in [-0.15, -0.1) is 0 Å². The zero-order chi connectivity index (χ0) is 26.7. The summed E-state index contributed by atoms with van der Waals surface area (Å²) in [7, 11) is -4.20. The van der Waals surface area contributed by atoms with Gasteiger partial charge in [-0.05, 0) is 45.9 Å². The van der Waals surface area contributed by atoms with Crippen LogP contribution in [0.3, 0.4) is 0 Å². The number of nitrogens with zero attached hydrogens (tertiary/aromatic N) is 2. The number of para-hydroxylation sites is 1. The van der Waals surface area contributed by atoms with Gasteiger partial charge in [0.2, 0.25) is 0 Å². The van der Waals surface area contributed by atoms with Gasteiger partial charge in [-0.2, -0.15) is 10.1 Å². The van der Waals surface area contributed by atoms with Crippen molar-refractivity contribution < 1.29 is 33.0 Å². The van der Waals surface area contributed by atoms with Crippen molar-refractivity contribution in [2.24, 2.45) is 5.73 Å². The maximum atomic E-state index is 13.6. The molecule has 14 heteroatoms. The maximum absolute atomic E-state index is 13.6. The molecule has 36 heavy (non-hydrogen) atoms. The number of nitrogens with two attached hydrogens (primary N) is 2. The Morgan fingerprint density at radius 1 is 1.31 bits per heavy atom. The number of nitrogen functional groups attached to an aromatic ring is 1. The van der Waals surface area contributed by atoms with Gasteiger partial charge in [-0.3, -0.25) is 13.9 Å². The first-order valence-corrected chi connectivity index (χ1v) is 12.8. The fraction of sp³-hybridized carbons (Fsp3) is 0.500. The quantitative estimate of drug-likeness (QED) is 0.254. The number of ether oxygens (including phenoxy) is 2. The summed E-state index contributed by atoms with van der Waals surface area (Å²) in [4.78, 5) is 28.3. The zero-order valence-corrected chi connectivity index (χ0v) is 21.3. The molecular weight excluding hydrogens is 493 g/mol. The second-order valence-electron chi connectivity index (χ2n) is 8.91. The van der Waals surface area contributed by atoms with E-state index in [2.05, 4.69) is 10.1 Å². The lowest BCUT2D eigenvalue weighted by molar-refractivity contribution is -0.149. The normalized spacial score (nSPS) is 26.4. The average Bonchev–Trinajstić information content (AvgIpc) is 3.01. The van der Waals surface area contributed by atoms with Crippen molar-refractivity contribution in [1.82, 2.24) is 14.6 Å². The number of hydrogen-bond donors (Lipinski definition) is 4. The van der Waals surface area contributed by atoms with Crippen LogP contribution in [0.5, 0.6) is 5.75 Å². The Kier molecular flexibility index (Phi) is 8.55. The van der Waals surface area contributed by atoms with Crippen molar-refractivity contribution in [2.75, 3.05) is 12.3 Å². The number of aliphatic hydroxyl groups is 1. The number of aromatic nitrogens is 2. The van der Waals surface area contributed by atoms with Crippen LogP contribution in [0.15, 0.2) is 47.4 Å². The first-order chi connectivity index (χ1) is 16.8. The Morgan fingerprint density at radius 3 is 2.58 bits per heavy atom. The monoisotopic (exact) mass is 525 g/mol. The van der Waals surface area contributed by atoms with Crippen molar-refractivity contribution in [1.29, 1.82) is 0 Å². The second-order valence-corrected chi connectivity index (χ2v) is 10.6. The van der Waals surface area contributed by atoms with E-state index in [1.165, 1.54) is 26.1 Å². The number of esters is 1. The fourth-order valence-electron chi connectivity index (χ4n) is 3.54. The molecule has 2 heterocycles. The lowest BCUT2D eigenvalue weighted by Crippen LogP contribution is -2.53. The van der Waals surface area contributed by atoms with Gasteiger partial charge in [-0.1, -0.05) is 18.2 Å². The summed E-state index contributed by atoms with van der Waals surface area (Å²) < 4.78 is 36.9. The third-order valence-corrected chi connectivity index (χ3v) is 7.01. The maximum Gasteiger partial charge on any atom is 0.459 e. The molecule has 0 saturated carbocycles. The molecule has 1 saturated heterocycles. The molecule has 1 unspecified atom stereocenters. The van der Waals surface area contributed by atoms with Crippen molar-refractivity contribution >= 4 is 19.5 Å². The molecule has 6 atom stereocenters. The van der Waals surface area contributed by atoms with E-state index in [-0.39, 0.29) is 17.7 Å². The largest absolute Gasteiger partial charge is 0.462 e. The average molecular weight is 525 g/mol. The van der Waals surface area contributed by atoms with E-state index in [9.17, 15) is 19.3 Å². The van der Waals surface area contributed by atoms with Crippen molar-refractivity contribution in [3.8, 4) is 5.75 Å². The fourth-order valence-corrected chi connectivity index (χ4v) is 5.04. The Morgan fingerprint density at radius 2 is 1.97 bits per heavy atom. The van der Waals surface area contributed by atoms with Crippen LogP contribution in [0.1, 0.15) is 33.9 Å². The van der Waals surface area contributed by atoms with E-state index >= 15 is 0 Å². The minimum atomic E-state index is -4.20. The highest BCUT2D eigenvalue weighted by Gasteiger charge is 2.52. The van der Waals surface area contributed by atoms with Gasteiger partial charge >= 0.3 is 19.4 Å². The predicted molar refractivity (Wildman–Crippen MR) is 130 cm³/mol. The van der Waals surface area contributed by atoms with E-state index in [0.29, 0.717) is 0 Å². The summed E-state index contributed by atoms with van der Waals surface area (Å²) in [5, 5.41) is 13.4. The lowest BCUT2D eigenvalue weighted by atomic mass is 9.93. The van der Waals surface area contributed by atoms with Crippen molar-refractivity contribution in [3.63, 3.8) is 0 Å². The predicted octanol–water partition coefficient (Wildman–Crippen LogP) is 0.935. The zero-order valence-electron chi connectivity index (χ0n) is 20.4. The van der Waals surface area contributed by atoms with E-state index in [1.54, 1.807) is 44.2 Å². The van der Waals surface area contributed by atoms with Crippen LogP contribution in [-0.2, 0) is 23.4 Å².